The fourth-order valence-corrected chi connectivity index (χ4v) is 3.82. The summed E-state index contributed by atoms with van der Waals surface area (Å²) in [6, 6.07) is 4.08. The molecule has 1 aliphatic carbocycles. The van der Waals surface area contributed by atoms with Crippen LogP contribution >= 0.6 is 27.3 Å². The average Bonchev–Trinajstić information content (AvgIpc) is 2.75. The standard InChI is InChI=1S/C14H15BrN2OS/c1-9-5-11(12-6-10(15)7-19-12)17-13(16-9)14(8-18)3-2-4-14/h5-7,18H,2-4,8H2,1H3. The first-order valence-electron chi connectivity index (χ1n) is 6.34. The van der Waals surface area contributed by atoms with Crippen LogP contribution in [0.2, 0.25) is 0 Å². The quantitative estimate of drug-likeness (QED) is 0.928. The van der Waals surface area contributed by atoms with E-state index in [1.165, 1.54) is 0 Å². The van der Waals surface area contributed by atoms with E-state index >= 15 is 0 Å². The summed E-state index contributed by atoms with van der Waals surface area (Å²) < 4.78 is 1.07. The van der Waals surface area contributed by atoms with Crippen molar-refractivity contribution < 1.29 is 5.11 Å². The summed E-state index contributed by atoms with van der Waals surface area (Å²) in [6.45, 7) is 2.13. The second kappa shape index (κ2) is 4.96. The van der Waals surface area contributed by atoms with E-state index < -0.39 is 0 Å². The van der Waals surface area contributed by atoms with Gasteiger partial charge in [0, 0.05) is 15.5 Å². The number of aliphatic hydroxyl groups excluding tert-OH is 1. The third-order valence-electron chi connectivity index (χ3n) is 3.76. The molecule has 1 aliphatic rings. The first kappa shape index (κ1) is 13.2. The highest BCUT2D eigenvalue weighted by Crippen LogP contribution is 2.42. The van der Waals surface area contributed by atoms with E-state index in [0.29, 0.717) is 0 Å². The van der Waals surface area contributed by atoms with E-state index in [9.17, 15) is 5.11 Å². The molecule has 0 radical (unpaired) electrons. The minimum absolute atomic E-state index is 0.143. The summed E-state index contributed by atoms with van der Waals surface area (Å²) >= 11 is 5.14. The molecule has 3 nitrogen and oxygen atoms in total. The summed E-state index contributed by atoms with van der Waals surface area (Å²) in [5.74, 6) is 0.806. The first-order valence-corrected chi connectivity index (χ1v) is 8.02. The van der Waals surface area contributed by atoms with Crippen molar-refractivity contribution >= 4 is 27.3 Å². The van der Waals surface area contributed by atoms with Crippen LogP contribution in [-0.2, 0) is 5.41 Å². The Morgan fingerprint density at radius 2 is 2.16 bits per heavy atom. The zero-order valence-corrected chi connectivity index (χ0v) is 13.1. The highest BCUT2D eigenvalue weighted by Gasteiger charge is 2.41. The maximum atomic E-state index is 9.66. The second-order valence-corrected chi connectivity index (χ2v) is 6.97. The number of aliphatic hydroxyl groups is 1. The van der Waals surface area contributed by atoms with Crippen LogP contribution in [0.3, 0.4) is 0 Å². The summed E-state index contributed by atoms with van der Waals surface area (Å²) in [6.07, 6.45) is 3.12. The van der Waals surface area contributed by atoms with Crippen molar-refractivity contribution in [2.24, 2.45) is 0 Å². The lowest BCUT2D eigenvalue weighted by Gasteiger charge is -2.38. The van der Waals surface area contributed by atoms with Crippen molar-refractivity contribution in [2.75, 3.05) is 6.61 Å². The molecular formula is C14H15BrN2OS. The van der Waals surface area contributed by atoms with Crippen LogP contribution in [0.5, 0.6) is 0 Å². The number of hydrogen-bond acceptors (Lipinski definition) is 4. The molecule has 0 unspecified atom stereocenters. The predicted octanol–water partition coefficient (Wildman–Crippen LogP) is 3.69. The summed E-state index contributed by atoms with van der Waals surface area (Å²) in [4.78, 5) is 10.4. The average molecular weight is 339 g/mol. The number of aromatic nitrogens is 2. The van der Waals surface area contributed by atoms with Gasteiger partial charge in [-0.2, -0.15) is 0 Å². The Morgan fingerprint density at radius 3 is 2.68 bits per heavy atom. The molecule has 0 aliphatic heterocycles. The molecule has 0 amide bonds. The van der Waals surface area contributed by atoms with Gasteiger partial charge < -0.3 is 5.11 Å². The fourth-order valence-electron chi connectivity index (χ4n) is 2.44. The van der Waals surface area contributed by atoms with E-state index in [-0.39, 0.29) is 12.0 Å². The van der Waals surface area contributed by atoms with Crippen LogP contribution in [0.15, 0.2) is 22.0 Å². The van der Waals surface area contributed by atoms with Crippen LogP contribution < -0.4 is 0 Å². The maximum Gasteiger partial charge on any atom is 0.137 e. The number of thiophene rings is 1. The third kappa shape index (κ3) is 2.35. The van der Waals surface area contributed by atoms with Gasteiger partial charge in [0.05, 0.1) is 22.6 Å². The normalized spacial score (nSPS) is 17.2. The van der Waals surface area contributed by atoms with Gasteiger partial charge in [-0.25, -0.2) is 9.97 Å². The van der Waals surface area contributed by atoms with Crippen LogP contribution in [-0.4, -0.2) is 21.7 Å². The van der Waals surface area contributed by atoms with Gasteiger partial charge >= 0.3 is 0 Å². The Balaban J connectivity index is 2.05. The molecule has 2 aromatic heterocycles. The number of aryl methyl sites for hydroxylation is 1. The number of hydrogen-bond donors (Lipinski definition) is 1. The third-order valence-corrected chi connectivity index (χ3v) is 5.48. The number of nitrogens with zero attached hydrogens (tertiary/aromatic N) is 2. The Bertz CT molecular complexity index is 602. The number of halogens is 1. The smallest absolute Gasteiger partial charge is 0.137 e. The Hall–Kier alpha value is -0.780. The molecule has 0 bridgehead atoms. The number of rotatable bonds is 3. The molecule has 5 heteroatoms. The minimum Gasteiger partial charge on any atom is -0.395 e. The lowest BCUT2D eigenvalue weighted by Crippen LogP contribution is -2.40. The van der Waals surface area contributed by atoms with Gasteiger partial charge in [0.25, 0.3) is 0 Å². The highest BCUT2D eigenvalue weighted by atomic mass is 79.9. The van der Waals surface area contributed by atoms with Crippen LogP contribution in [0.1, 0.15) is 30.8 Å². The molecule has 0 spiro atoms. The summed E-state index contributed by atoms with van der Waals surface area (Å²) in [5.41, 5.74) is 1.72. The van der Waals surface area contributed by atoms with E-state index in [4.69, 9.17) is 4.98 Å². The van der Waals surface area contributed by atoms with Crippen molar-refractivity contribution in [1.29, 1.82) is 0 Å². The molecule has 0 atom stereocenters. The van der Waals surface area contributed by atoms with E-state index in [2.05, 4.69) is 32.4 Å². The van der Waals surface area contributed by atoms with Crippen molar-refractivity contribution in [3.63, 3.8) is 0 Å². The molecule has 1 N–H and O–H groups in total. The SMILES string of the molecule is Cc1cc(-c2cc(Br)cs2)nc(C2(CO)CCC2)n1. The minimum atomic E-state index is -0.199. The van der Waals surface area contributed by atoms with Gasteiger partial charge in [-0.15, -0.1) is 11.3 Å². The van der Waals surface area contributed by atoms with E-state index in [0.717, 1.165) is 45.8 Å². The molecule has 1 saturated carbocycles. The van der Waals surface area contributed by atoms with Crippen molar-refractivity contribution in [2.45, 2.75) is 31.6 Å². The molecule has 3 rings (SSSR count). The summed E-state index contributed by atoms with van der Waals surface area (Å²) in [5, 5.41) is 11.7. The Labute approximate surface area is 124 Å². The highest BCUT2D eigenvalue weighted by molar-refractivity contribution is 9.10. The molecule has 0 saturated heterocycles. The van der Waals surface area contributed by atoms with Crippen LogP contribution in [0.4, 0.5) is 0 Å². The molecule has 100 valence electrons. The van der Waals surface area contributed by atoms with Crippen molar-refractivity contribution in [1.82, 2.24) is 9.97 Å². The van der Waals surface area contributed by atoms with Gasteiger partial charge in [-0.05, 0) is 47.8 Å². The van der Waals surface area contributed by atoms with Crippen LogP contribution in [0, 0.1) is 6.92 Å². The fraction of sp³-hybridized carbons (Fsp3) is 0.429. The predicted molar refractivity (Wildman–Crippen MR) is 80.4 cm³/mol. The molecule has 0 aromatic carbocycles. The lowest BCUT2D eigenvalue weighted by atomic mass is 9.68. The van der Waals surface area contributed by atoms with Crippen LogP contribution in [0.25, 0.3) is 10.6 Å². The van der Waals surface area contributed by atoms with Crippen molar-refractivity contribution in [3.8, 4) is 10.6 Å². The van der Waals surface area contributed by atoms with Gasteiger partial charge in [0.2, 0.25) is 0 Å². The molecule has 2 aromatic rings. The first-order chi connectivity index (χ1) is 9.13. The molecule has 2 heterocycles. The largest absolute Gasteiger partial charge is 0.395 e. The molecular weight excluding hydrogens is 324 g/mol. The zero-order chi connectivity index (χ0) is 13.5. The topological polar surface area (TPSA) is 46.0 Å². The Morgan fingerprint density at radius 1 is 1.37 bits per heavy atom. The lowest BCUT2D eigenvalue weighted by molar-refractivity contribution is 0.112. The Kier molecular flexibility index (Phi) is 3.45. The summed E-state index contributed by atoms with van der Waals surface area (Å²) in [7, 11) is 0. The van der Waals surface area contributed by atoms with Gasteiger partial charge in [0.15, 0.2) is 0 Å². The second-order valence-electron chi connectivity index (χ2n) is 5.14. The maximum absolute atomic E-state index is 9.66. The van der Waals surface area contributed by atoms with E-state index in [1.54, 1.807) is 11.3 Å². The van der Waals surface area contributed by atoms with E-state index in [1.807, 2.05) is 13.0 Å². The zero-order valence-electron chi connectivity index (χ0n) is 10.7. The van der Waals surface area contributed by atoms with Crippen molar-refractivity contribution in [3.05, 3.63) is 33.5 Å². The van der Waals surface area contributed by atoms with Gasteiger partial charge in [0.1, 0.15) is 5.82 Å². The molecule has 1 fully saturated rings. The monoisotopic (exact) mass is 338 g/mol. The molecule has 19 heavy (non-hydrogen) atoms. The van der Waals surface area contributed by atoms with Gasteiger partial charge in [-0.1, -0.05) is 6.42 Å². The van der Waals surface area contributed by atoms with Gasteiger partial charge in [-0.3, -0.25) is 0 Å².